The van der Waals surface area contributed by atoms with Gasteiger partial charge in [-0.25, -0.2) is 13.6 Å². The third kappa shape index (κ3) is 5.57. The van der Waals surface area contributed by atoms with Gasteiger partial charge in [0.15, 0.2) is 11.6 Å². The summed E-state index contributed by atoms with van der Waals surface area (Å²) < 4.78 is 38.5. The molecule has 8 heteroatoms. The Morgan fingerprint density at radius 2 is 1.88 bits per heavy atom. The molecule has 176 valence electrons. The molecule has 1 aromatic carbocycles. The topological polar surface area (TPSA) is 67.9 Å². The number of aryl methyl sites for hydroxylation is 1. The number of fused-ring (bicyclic) bond motifs is 1. The number of ether oxygens (including phenoxy) is 2. The first kappa shape index (κ1) is 23.0. The van der Waals surface area contributed by atoms with Crippen LogP contribution in [0.25, 0.3) is 0 Å². The third-order valence-corrected chi connectivity index (χ3v) is 7.01. The molecule has 1 amide bonds. The molecular formula is C24H32F2N2O4. The maximum absolute atomic E-state index is 13.8. The van der Waals surface area contributed by atoms with E-state index >= 15 is 0 Å². The van der Waals surface area contributed by atoms with E-state index in [1.54, 1.807) is 0 Å². The average Bonchev–Trinajstić information content (AvgIpc) is 2.75. The van der Waals surface area contributed by atoms with Crippen LogP contribution in [-0.4, -0.2) is 44.4 Å². The van der Waals surface area contributed by atoms with E-state index in [0.29, 0.717) is 49.6 Å². The Labute approximate surface area is 187 Å². The highest BCUT2D eigenvalue weighted by Crippen LogP contribution is 2.31. The van der Waals surface area contributed by atoms with Crippen molar-refractivity contribution in [1.29, 1.82) is 0 Å². The molecule has 0 spiro atoms. The van der Waals surface area contributed by atoms with Crippen molar-refractivity contribution in [2.24, 2.45) is 11.8 Å². The van der Waals surface area contributed by atoms with Gasteiger partial charge in [-0.2, -0.15) is 0 Å². The van der Waals surface area contributed by atoms with Crippen molar-refractivity contribution in [3.8, 4) is 0 Å². The Hall–Kier alpha value is -2.22. The van der Waals surface area contributed by atoms with Gasteiger partial charge in [-0.15, -0.1) is 0 Å². The van der Waals surface area contributed by atoms with E-state index in [9.17, 15) is 18.4 Å². The number of carbonyl (C=O) groups excluding carboxylic acids is 2. The zero-order chi connectivity index (χ0) is 22.5. The highest BCUT2D eigenvalue weighted by molar-refractivity contribution is 5.96. The lowest BCUT2D eigenvalue weighted by Gasteiger charge is -2.32. The first-order valence-electron chi connectivity index (χ1n) is 11.8. The van der Waals surface area contributed by atoms with E-state index in [1.165, 1.54) is 17.4 Å². The molecule has 1 N–H and O–H groups in total. The number of hydrogen-bond donors (Lipinski definition) is 1. The summed E-state index contributed by atoms with van der Waals surface area (Å²) in [6, 6.07) is 2.30. The fourth-order valence-electron chi connectivity index (χ4n) is 4.85. The number of hydrogen-bond acceptors (Lipinski definition) is 5. The molecule has 4 rings (SSSR count). The number of halogens is 2. The second kappa shape index (κ2) is 10.6. The lowest BCUT2D eigenvalue weighted by Crippen LogP contribution is -2.39. The lowest BCUT2D eigenvalue weighted by atomic mass is 9.86. The van der Waals surface area contributed by atoms with Gasteiger partial charge in [-0.05, 0) is 81.5 Å². The monoisotopic (exact) mass is 450 g/mol. The van der Waals surface area contributed by atoms with Crippen LogP contribution in [-0.2, 0) is 20.7 Å². The Balaban J connectivity index is 1.35. The minimum absolute atomic E-state index is 0.0947. The van der Waals surface area contributed by atoms with E-state index in [2.05, 4.69) is 5.32 Å². The van der Waals surface area contributed by atoms with Crippen LogP contribution >= 0.6 is 0 Å². The van der Waals surface area contributed by atoms with Gasteiger partial charge in [0, 0.05) is 24.7 Å². The van der Waals surface area contributed by atoms with Gasteiger partial charge < -0.3 is 19.7 Å². The minimum atomic E-state index is -0.950. The Morgan fingerprint density at radius 1 is 1.12 bits per heavy atom. The molecule has 1 saturated heterocycles. The quantitative estimate of drug-likeness (QED) is 0.597. The van der Waals surface area contributed by atoms with Crippen LogP contribution < -0.4 is 10.2 Å². The SMILES string of the molecule is O=C(OCC1CCC1)OC(CCCN1C(=O)CCc2cc(F)c(F)cc21)C1CCNCC1. The molecule has 2 aliphatic heterocycles. The van der Waals surface area contributed by atoms with Crippen molar-refractivity contribution in [1.82, 2.24) is 5.32 Å². The molecule has 6 nitrogen and oxygen atoms in total. The molecule has 32 heavy (non-hydrogen) atoms. The summed E-state index contributed by atoms with van der Waals surface area (Å²) in [6.45, 7) is 2.55. The van der Waals surface area contributed by atoms with Gasteiger partial charge in [0.05, 0.1) is 6.61 Å². The molecule has 0 aromatic heterocycles. The number of carbonyl (C=O) groups is 2. The van der Waals surface area contributed by atoms with Crippen LogP contribution in [0.15, 0.2) is 12.1 Å². The Kier molecular flexibility index (Phi) is 7.60. The predicted octanol–water partition coefficient (Wildman–Crippen LogP) is 4.35. The molecule has 0 radical (unpaired) electrons. The molecule has 2 fully saturated rings. The predicted molar refractivity (Wildman–Crippen MR) is 115 cm³/mol. The summed E-state index contributed by atoms with van der Waals surface area (Å²) in [7, 11) is 0. The molecule has 2 heterocycles. The smallest absolute Gasteiger partial charge is 0.434 e. The number of amides is 1. The maximum Gasteiger partial charge on any atom is 0.508 e. The van der Waals surface area contributed by atoms with Gasteiger partial charge in [0.1, 0.15) is 6.10 Å². The van der Waals surface area contributed by atoms with Crippen molar-refractivity contribution < 1.29 is 27.8 Å². The second-order valence-electron chi connectivity index (χ2n) is 9.18. The summed E-state index contributed by atoms with van der Waals surface area (Å²) in [5.74, 6) is -1.24. The van der Waals surface area contributed by atoms with Crippen molar-refractivity contribution in [3.63, 3.8) is 0 Å². The summed E-state index contributed by atoms with van der Waals surface area (Å²) in [4.78, 5) is 26.3. The number of nitrogens with zero attached hydrogens (tertiary/aromatic N) is 1. The number of piperidine rings is 1. The number of nitrogens with one attached hydrogen (secondary N) is 1. The first-order valence-corrected chi connectivity index (χ1v) is 11.8. The lowest BCUT2D eigenvalue weighted by molar-refractivity contribution is -0.119. The molecule has 1 unspecified atom stereocenters. The summed E-state index contributed by atoms with van der Waals surface area (Å²) in [6.07, 6.45) is 6.19. The van der Waals surface area contributed by atoms with Crippen LogP contribution in [0.1, 0.15) is 56.9 Å². The standard InChI is InChI=1S/C24H32F2N2O4/c25-19-13-18-6-7-23(29)28(21(18)14-20(19)26)12-2-5-22(17-8-10-27-11-9-17)32-24(30)31-15-16-3-1-4-16/h13-14,16-17,22,27H,1-12,15H2. The van der Waals surface area contributed by atoms with Crippen molar-refractivity contribution >= 4 is 17.7 Å². The van der Waals surface area contributed by atoms with Crippen molar-refractivity contribution in [2.45, 2.75) is 63.9 Å². The fourth-order valence-corrected chi connectivity index (χ4v) is 4.85. The number of anilines is 1. The van der Waals surface area contributed by atoms with Crippen LogP contribution in [0, 0.1) is 23.5 Å². The molecule has 1 aromatic rings. The molecule has 1 atom stereocenters. The largest absolute Gasteiger partial charge is 0.508 e. The van der Waals surface area contributed by atoms with Crippen LogP contribution in [0.2, 0.25) is 0 Å². The van der Waals surface area contributed by atoms with Gasteiger partial charge in [0.25, 0.3) is 0 Å². The highest BCUT2D eigenvalue weighted by atomic mass is 19.2. The normalized spacial score (nSPS) is 20.4. The van der Waals surface area contributed by atoms with Crippen LogP contribution in [0.5, 0.6) is 0 Å². The maximum atomic E-state index is 13.8. The van der Waals surface area contributed by atoms with E-state index in [-0.39, 0.29) is 24.3 Å². The van der Waals surface area contributed by atoms with Crippen molar-refractivity contribution in [2.75, 3.05) is 31.1 Å². The summed E-state index contributed by atoms with van der Waals surface area (Å²) in [5, 5.41) is 3.32. The zero-order valence-corrected chi connectivity index (χ0v) is 18.4. The van der Waals surface area contributed by atoms with Crippen LogP contribution in [0.4, 0.5) is 19.3 Å². The molecule has 0 bridgehead atoms. The number of rotatable bonds is 8. The molecular weight excluding hydrogens is 418 g/mol. The van der Waals surface area contributed by atoms with Crippen molar-refractivity contribution in [3.05, 3.63) is 29.3 Å². The first-order chi connectivity index (χ1) is 15.5. The third-order valence-electron chi connectivity index (χ3n) is 7.01. The van der Waals surface area contributed by atoms with Gasteiger partial charge in [-0.3, -0.25) is 4.79 Å². The second-order valence-corrected chi connectivity index (χ2v) is 9.18. The molecule has 3 aliphatic rings. The Morgan fingerprint density at radius 3 is 2.59 bits per heavy atom. The highest BCUT2D eigenvalue weighted by Gasteiger charge is 2.30. The average molecular weight is 451 g/mol. The minimum Gasteiger partial charge on any atom is -0.434 e. The fraction of sp³-hybridized carbons (Fsp3) is 0.667. The molecule has 1 saturated carbocycles. The van der Waals surface area contributed by atoms with Gasteiger partial charge >= 0.3 is 6.16 Å². The summed E-state index contributed by atoms with van der Waals surface area (Å²) in [5.41, 5.74) is 1.09. The van der Waals surface area contributed by atoms with Crippen LogP contribution in [0.3, 0.4) is 0 Å². The number of benzene rings is 1. The Bertz CT molecular complexity index is 824. The summed E-state index contributed by atoms with van der Waals surface area (Å²) >= 11 is 0. The van der Waals surface area contributed by atoms with E-state index < -0.39 is 17.8 Å². The van der Waals surface area contributed by atoms with Gasteiger partial charge in [0.2, 0.25) is 5.91 Å². The zero-order valence-electron chi connectivity index (χ0n) is 18.4. The van der Waals surface area contributed by atoms with E-state index in [4.69, 9.17) is 9.47 Å². The van der Waals surface area contributed by atoms with E-state index in [0.717, 1.165) is 44.8 Å². The molecule has 1 aliphatic carbocycles. The van der Waals surface area contributed by atoms with Gasteiger partial charge in [-0.1, -0.05) is 6.42 Å². The van der Waals surface area contributed by atoms with E-state index in [1.807, 2.05) is 0 Å².